The summed E-state index contributed by atoms with van der Waals surface area (Å²) in [5.41, 5.74) is 6.20. The summed E-state index contributed by atoms with van der Waals surface area (Å²) in [4.78, 5) is 49.0. The first-order valence-corrected chi connectivity index (χ1v) is 14.8. The van der Waals surface area contributed by atoms with Gasteiger partial charge in [-0.25, -0.2) is 4.98 Å². The van der Waals surface area contributed by atoms with Crippen LogP contribution in [0, 0.1) is 0 Å². The van der Waals surface area contributed by atoms with Gasteiger partial charge in [0.25, 0.3) is 11.5 Å². The molecule has 2 aliphatic rings. The highest BCUT2D eigenvalue weighted by atomic mass is 16.3. The third kappa shape index (κ3) is 5.44. The lowest BCUT2D eigenvalue weighted by Crippen LogP contribution is -2.38. The number of carbonyl (C=O) groups is 2. The number of pyridine rings is 2. The van der Waals surface area contributed by atoms with Crippen molar-refractivity contribution in [2.45, 2.75) is 32.3 Å². The van der Waals surface area contributed by atoms with Crippen molar-refractivity contribution in [3.05, 3.63) is 94.0 Å². The maximum absolute atomic E-state index is 13.7. The van der Waals surface area contributed by atoms with E-state index in [1.165, 1.54) is 4.57 Å². The number of hydrogen-bond acceptors (Lipinski definition) is 7. The first-order valence-electron chi connectivity index (χ1n) is 14.8. The van der Waals surface area contributed by atoms with E-state index in [1.54, 1.807) is 41.4 Å². The number of aliphatic hydroxyl groups is 1. The third-order valence-electron chi connectivity index (χ3n) is 8.43. The number of rotatable bonds is 7. The van der Waals surface area contributed by atoms with E-state index in [2.05, 4.69) is 16.4 Å². The molecule has 1 saturated heterocycles. The van der Waals surface area contributed by atoms with E-state index in [-0.39, 0.29) is 24.0 Å². The number of aryl methyl sites for hydroxylation is 1. The molecule has 6 rings (SSSR count). The van der Waals surface area contributed by atoms with Crippen LogP contribution in [0.25, 0.3) is 11.1 Å². The van der Waals surface area contributed by atoms with Crippen molar-refractivity contribution < 1.29 is 14.7 Å². The molecular weight excluding hydrogens is 556 g/mol. The molecule has 0 aliphatic carbocycles. The fourth-order valence-corrected chi connectivity index (χ4v) is 6.03. The van der Waals surface area contributed by atoms with Gasteiger partial charge in [-0.15, -0.1) is 0 Å². The van der Waals surface area contributed by atoms with E-state index in [0.29, 0.717) is 59.8 Å². The van der Waals surface area contributed by atoms with Crippen LogP contribution in [0.3, 0.4) is 0 Å². The fraction of sp³-hybridized carbons (Fsp3) is 0.294. The molecule has 4 aromatic rings. The highest BCUT2D eigenvalue weighted by Crippen LogP contribution is 2.35. The van der Waals surface area contributed by atoms with Crippen LogP contribution in [0.2, 0.25) is 0 Å². The van der Waals surface area contributed by atoms with Gasteiger partial charge in [0.1, 0.15) is 11.5 Å². The molecule has 0 saturated carbocycles. The molecular formula is C34H36N6O4. The van der Waals surface area contributed by atoms with Gasteiger partial charge in [-0.3, -0.25) is 14.4 Å². The summed E-state index contributed by atoms with van der Waals surface area (Å²) in [6, 6.07) is 16.8. The van der Waals surface area contributed by atoms with E-state index < -0.39 is 0 Å². The zero-order chi connectivity index (χ0) is 31.0. The molecule has 4 heterocycles. The van der Waals surface area contributed by atoms with Crippen LogP contribution in [0.15, 0.2) is 71.8 Å². The van der Waals surface area contributed by atoms with Crippen molar-refractivity contribution in [2.24, 2.45) is 7.05 Å². The first-order chi connectivity index (χ1) is 21.2. The van der Waals surface area contributed by atoms with E-state index in [9.17, 15) is 19.5 Å². The molecule has 226 valence electrons. The second-order valence-electron chi connectivity index (χ2n) is 11.5. The zero-order valence-electron chi connectivity index (χ0n) is 25.2. The van der Waals surface area contributed by atoms with Gasteiger partial charge in [0.15, 0.2) is 0 Å². The molecule has 2 aromatic carbocycles. The summed E-state index contributed by atoms with van der Waals surface area (Å²) in [6.07, 6.45) is 6.47. The minimum absolute atomic E-state index is 0.0937. The van der Waals surface area contributed by atoms with E-state index in [0.717, 1.165) is 35.3 Å². The van der Waals surface area contributed by atoms with Crippen molar-refractivity contribution in [3.63, 3.8) is 0 Å². The van der Waals surface area contributed by atoms with Gasteiger partial charge >= 0.3 is 0 Å². The first kappa shape index (κ1) is 29.1. The quantitative estimate of drug-likeness (QED) is 0.326. The summed E-state index contributed by atoms with van der Waals surface area (Å²) in [5.74, 6) is 0.460. The Morgan fingerprint density at radius 3 is 2.50 bits per heavy atom. The van der Waals surface area contributed by atoms with E-state index >= 15 is 0 Å². The van der Waals surface area contributed by atoms with Gasteiger partial charge in [0.2, 0.25) is 5.91 Å². The molecule has 0 atom stereocenters. The number of nitrogens with zero attached hydrogens (tertiary/aromatic N) is 5. The second kappa shape index (κ2) is 12.0. The van der Waals surface area contributed by atoms with Crippen LogP contribution in [-0.2, 0) is 24.9 Å². The molecule has 0 spiro atoms. The van der Waals surface area contributed by atoms with Crippen molar-refractivity contribution in [1.82, 2.24) is 9.55 Å². The average molecular weight is 593 g/mol. The molecule has 0 bridgehead atoms. The Labute approximate surface area is 256 Å². The summed E-state index contributed by atoms with van der Waals surface area (Å²) in [6.45, 7) is 0.880. The van der Waals surface area contributed by atoms with Gasteiger partial charge in [0, 0.05) is 69.2 Å². The Kier molecular flexibility index (Phi) is 7.92. The predicted octanol–water partition coefficient (Wildman–Crippen LogP) is 4.47. The Morgan fingerprint density at radius 1 is 0.932 bits per heavy atom. The number of aromatic nitrogens is 2. The monoisotopic (exact) mass is 592 g/mol. The Hall–Kier alpha value is -4.96. The van der Waals surface area contributed by atoms with E-state index in [4.69, 9.17) is 0 Å². The lowest BCUT2D eigenvalue weighted by molar-refractivity contribution is -0.119. The maximum atomic E-state index is 13.7. The minimum atomic E-state index is -0.286. The number of amides is 2. The number of nitrogens with one attached hydrogen (secondary N) is 1. The smallest absolute Gasteiger partial charge is 0.274 e. The van der Waals surface area contributed by atoms with Crippen molar-refractivity contribution in [3.8, 4) is 11.1 Å². The number of carbonyl (C=O) groups excluding carboxylic acids is 2. The van der Waals surface area contributed by atoms with Gasteiger partial charge in [-0.05, 0) is 72.9 Å². The van der Waals surface area contributed by atoms with Gasteiger partial charge < -0.3 is 29.7 Å². The Morgan fingerprint density at radius 2 is 1.77 bits per heavy atom. The number of hydrogen-bond donors (Lipinski definition) is 2. The molecule has 2 aromatic heterocycles. The van der Waals surface area contributed by atoms with Gasteiger partial charge in [0.05, 0.1) is 24.2 Å². The standard InChI is InChI=1S/C34H36N6O4/c1-37(2)24-10-12-27-22(17-24)14-16-40(33(27)43)30-8-6-7-26(28(30)21-41)23-18-29(34(44)38(3)20-23)36-31-13-11-25(19-35-31)39-15-5-4-9-32(39)42/h6-8,10-13,17-20,41H,4-5,9,14-16,21H2,1-3H3,(H,35,36). The van der Waals surface area contributed by atoms with Crippen LogP contribution < -0.4 is 25.6 Å². The van der Waals surface area contributed by atoms with Gasteiger partial charge in [-0.2, -0.15) is 0 Å². The number of anilines is 5. The average Bonchev–Trinajstić information content (AvgIpc) is 3.03. The van der Waals surface area contributed by atoms with Crippen molar-refractivity contribution in [1.29, 1.82) is 0 Å². The molecule has 2 N–H and O–H groups in total. The molecule has 10 heteroatoms. The summed E-state index contributed by atoms with van der Waals surface area (Å²) in [7, 11) is 5.62. The van der Waals surface area contributed by atoms with Crippen LogP contribution in [-0.4, -0.2) is 53.7 Å². The SMILES string of the molecule is CN(C)c1ccc2c(c1)CCN(c1cccc(-c3cc(Nc4ccc(N5CCCCC5=O)cn4)c(=O)n(C)c3)c1CO)C2=O. The second-order valence-corrected chi connectivity index (χ2v) is 11.5. The normalized spacial score (nSPS) is 14.9. The molecule has 1 fully saturated rings. The minimum Gasteiger partial charge on any atom is -0.392 e. The molecule has 10 nitrogen and oxygen atoms in total. The predicted molar refractivity (Wildman–Crippen MR) is 173 cm³/mol. The summed E-state index contributed by atoms with van der Waals surface area (Å²) < 4.78 is 1.48. The van der Waals surface area contributed by atoms with Crippen LogP contribution in [0.4, 0.5) is 28.6 Å². The van der Waals surface area contributed by atoms with Crippen LogP contribution in [0.5, 0.6) is 0 Å². The number of aliphatic hydroxyl groups excluding tert-OH is 1. The largest absolute Gasteiger partial charge is 0.392 e. The van der Waals surface area contributed by atoms with Crippen molar-refractivity contribution >= 4 is 40.4 Å². The third-order valence-corrected chi connectivity index (χ3v) is 8.43. The molecule has 2 aliphatic heterocycles. The lowest BCUT2D eigenvalue weighted by atomic mass is 9.94. The topological polar surface area (TPSA) is 111 Å². The molecule has 0 radical (unpaired) electrons. The van der Waals surface area contributed by atoms with Crippen LogP contribution in [0.1, 0.15) is 40.7 Å². The van der Waals surface area contributed by atoms with Crippen LogP contribution >= 0.6 is 0 Å². The highest BCUT2D eigenvalue weighted by Gasteiger charge is 2.28. The highest BCUT2D eigenvalue weighted by molar-refractivity contribution is 6.09. The molecule has 0 unspecified atom stereocenters. The molecule has 44 heavy (non-hydrogen) atoms. The number of benzene rings is 2. The molecule has 2 amide bonds. The zero-order valence-corrected chi connectivity index (χ0v) is 25.2. The maximum Gasteiger partial charge on any atom is 0.274 e. The summed E-state index contributed by atoms with van der Waals surface area (Å²) >= 11 is 0. The lowest BCUT2D eigenvalue weighted by Gasteiger charge is -2.31. The summed E-state index contributed by atoms with van der Waals surface area (Å²) in [5, 5.41) is 13.7. The number of piperidine rings is 1. The van der Waals surface area contributed by atoms with Gasteiger partial charge in [-0.1, -0.05) is 12.1 Å². The van der Waals surface area contributed by atoms with Crippen molar-refractivity contribution in [2.75, 3.05) is 47.2 Å². The fourth-order valence-electron chi connectivity index (χ4n) is 6.03. The van der Waals surface area contributed by atoms with E-state index in [1.807, 2.05) is 55.4 Å². The Bertz CT molecular complexity index is 1800. The number of fused-ring (bicyclic) bond motifs is 1. The Balaban J connectivity index is 1.31.